The van der Waals surface area contributed by atoms with E-state index in [1.54, 1.807) is 6.92 Å². The van der Waals surface area contributed by atoms with Crippen LogP contribution in [0.1, 0.15) is 29.1 Å². The van der Waals surface area contributed by atoms with E-state index in [4.69, 9.17) is 9.26 Å². The molecule has 0 radical (unpaired) electrons. The third kappa shape index (κ3) is 3.37. The number of nitrogens with zero attached hydrogens (tertiary/aromatic N) is 3. The zero-order chi connectivity index (χ0) is 18.2. The fraction of sp³-hybridized carbons (Fsp3) is 0.688. The fourth-order valence-electron chi connectivity index (χ4n) is 3.69. The van der Waals surface area contributed by atoms with Gasteiger partial charge in [-0.15, -0.1) is 0 Å². The number of aromatic nitrogens is 1. The van der Waals surface area contributed by atoms with E-state index in [2.05, 4.69) is 5.16 Å². The minimum atomic E-state index is -3.13. The number of carbonyl (C=O) groups is 2. The molecule has 2 saturated heterocycles. The molecule has 0 aromatic carbocycles. The number of likely N-dealkylation sites (tertiary alicyclic amines) is 2. The maximum absolute atomic E-state index is 14.3. The maximum atomic E-state index is 14.3. The van der Waals surface area contributed by atoms with Crippen molar-refractivity contribution in [3.05, 3.63) is 17.5 Å². The Morgan fingerprint density at radius 3 is 2.84 bits per heavy atom. The molecule has 1 aromatic rings. The number of methoxy groups -OCH3 is 1. The van der Waals surface area contributed by atoms with Gasteiger partial charge in [0.15, 0.2) is 0 Å². The molecule has 0 aliphatic carbocycles. The quantitative estimate of drug-likeness (QED) is 0.813. The number of hydrogen-bond donors (Lipinski definition) is 0. The summed E-state index contributed by atoms with van der Waals surface area (Å²) < 4.78 is 38.6. The van der Waals surface area contributed by atoms with Crippen molar-refractivity contribution in [3.8, 4) is 0 Å². The van der Waals surface area contributed by atoms with E-state index in [0.29, 0.717) is 31.8 Å². The van der Waals surface area contributed by atoms with E-state index >= 15 is 0 Å². The minimum absolute atomic E-state index is 0.0382. The summed E-state index contributed by atoms with van der Waals surface area (Å²) in [6, 6.07) is 1.41. The summed E-state index contributed by atoms with van der Waals surface area (Å²) in [5, 5.41) is 3.62. The highest BCUT2D eigenvalue weighted by molar-refractivity contribution is 5.93. The van der Waals surface area contributed by atoms with Crippen molar-refractivity contribution in [2.24, 2.45) is 5.41 Å². The molecule has 0 saturated carbocycles. The number of halogens is 2. The van der Waals surface area contributed by atoms with Crippen LogP contribution in [-0.2, 0) is 9.53 Å². The Morgan fingerprint density at radius 2 is 2.20 bits per heavy atom. The first kappa shape index (κ1) is 17.8. The second-order valence-electron chi connectivity index (χ2n) is 6.84. The zero-order valence-corrected chi connectivity index (χ0v) is 14.3. The van der Waals surface area contributed by atoms with Gasteiger partial charge in [0, 0.05) is 39.2 Å². The molecular weight excluding hydrogens is 336 g/mol. The van der Waals surface area contributed by atoms with Gasteiger partial charge in [-0.25, -0.2) is 8.78 Å². The van der Waals surface area contributed by atoms with E-state index in [9.17, 15) is 18.4 Å². The van der Waals surface area contributed by atoms with Crippen molar-refractivity contribution >= 4 is 11.8 Å². The number of amides is 2. The van der Waals surface area contributed by atoms with Crippen molar-refractivity contribution in [3.63, 3.8) is 0 Å². The Balaban J connectivity index is 1.82. The molecule has 1 aromatic heterocycles. The molecule has 0 bridgehead atoms. The van der Waals surface area contributed by atoms with E-state index in [1.165, 1.54) is 18.1 Å². The average molecular weight is 357 g/mol. The summed E-state index contributed by atoms with van der Waals surface area (Å²) in [4.78, 5) is 27.8. The Labute approximate surface area is 143 Å². The first-order valence-corrected chi connectivity index (χ1v) is 8.15. The summed E-state index contributed by atoms with van der Waals surface area (Å²) >= 11 is 0. The van der Waals surface area contributed by atoms with Crippen LogP contribution in [0.3, 0.4) is 0 Å². The number of piperidine rings is 1. The summed E-state index contributed by atoms with van der Waals surface area (Å²) in [6.45, 7) is 1.97. The first-order valence-electron chi connectivity index (χ1n) is 8.15. The number of ether oxygens (including phenoxy) is 1. The van der Waals surface area contributed by atoms with Gasteiger partial charge in [0.2, 0.25) is 11.7 Å². The number of hydrogen-bond acceptors (Lipinski definition) is 5. The van der Waals surface area contributed by atoms with Gasteiger partial charge < -0.3 is 19.1 Å². The summed E-state index contributed by atoms with van der Waals surface area (Å²) in [5.74, 6) is -4.22. The van der Waals surface area contributed by atoms with E-state index in [1.807, 2.05) is 0 Å². The van der Waals surface area contributed by atoms with Gasteiger partial charge >= 0.3 is 0 Å². The molecule has 0 unspecified atom stereocenters. The molecule has 1 atom stereocenters. The molecule has 25 heavy (non-hydrogen) atoms. The highest BCUT2D eigenvalue weighted by Gasteiger charge is 2.57. The lowest BCUT2D eigenvalue weighted by Gasteiger charge is -2.42. The molecule has 2 amide bonds. The van der Waals surface area contributed by atoms with Crippen LogP contribution in [0.5, 0.6) is 0 Å². The van der Waals surface area contributed by atoms with E-state index in [0.717, 1.165) is 4.90 Å². The normalized spacial score (nSPS) is 25.8. The van der Waals surface area contributed by atoms with Crippen molar-refractivity contribution < 1.29 is 27.6 Å². The van der Waals surface area contributed by atoms with Gasteiger partial charge in [0.05, 0.1) is 24.3 Å². The molecule has 3 rings (SSSR count). The summed E-state index contributed by atoms with van der Waals surface area (Å²) in [6.07, 6.45) is -0.244. The largest absolute Gasteiger partial charge is 0.383 e. The summed E-state index contributed by atoms with van der Waals surface area (Å²) in [7, 11) is 1.52. The van der Waals surface area contributed by atoms with Crippen molar-refractivity contribution in [2.75, 3.05) is 39.9 Å². The van der Waals surface area contributed by atoms with Gasteiger partial charge in [-0.3, -0.25) is 9.59 Å². The molecule has 9 heteroatoms. The summed E-state index contributed by atoms with van der Waals surface area (Å²) in [5.41, 5.74) is -0.759. The average Bonchev–Trinajstić information content (AvgIpc) is 3.09. The van der Waals surface area contributed by atoms with Crippen LogP contribution in [0, 0.1) is 12.3 Å². The van der Waals surface area contributed by atoms with Crippen molar-refractivity contribution in [1.29, 1.82) is 0 Å². The number of aryl methyl sites for hydroxylation is 1. The molecule has 2 fully saturated rings. The van der Waals surface area contributed by atoms with E-state index in [-0.39, 0.29) is 18.2 Å². The molecular formula is C16H21F2N3O4. The van der Waals surface area contributed by atoms with Crippen LogP contribution in [0.15, 0.2) is 10.6 Å². The smallest absolute Gasteiger partial charge is 0.292 e. The lowest BCUT2D eigenvalue weighted by molar-refractivity contribution is -0.151. The lowest BCUT2D eigenvalue weighted by Crippen LogP contribution is -2.57. The number of carbonyl (C=O) groups excluding carboxylic acids is 2. The zero-order valence-electron chi connectivity index (χ0n) is 14.3. The highest BCUT2D eigenvalue weighted by Crippen LogP contribution is 2.45. The van der Waals surface area contributed by atoms with Crippen LogP contribution in [0.25, 0.3) is 0 Å². The van der Waals surface area contributed by atoms with Gasteiger partial charge in [-0.1, -0.05) is 5.16 Å². The third-order valence-corrected chi connectivity index (χ3v) is 4.81. The molecule has 0 N–H and O–H groups in total. The van der Waals surface area contributed by atoms with Crippen LogP contribution >= 0.6 is 0 Å². The fourth-order valence-corrected chi connectivity index (χ4v) is 3.69. The van der Waals surface area contributed by atoms with Crippen molar-refractivity contribution in [2.45, 2.75) is 25.7 Å². The Kier molecular flexibility index (Phi) is 4.52. The molecule has 2 aliphatic heterocycles. The van der Waals surface area contributed by atoms with Crippen LogP contribution < -0.4 is 0 Å². The van der Waals surface area contributed by atoms with E-state index < -0.39 is 30.2 Å². The standard InChI is InChI=1S/C16H21F2N3O4/c1-11-7-12(25-19-11)13(22)21-9-15(8-16(17,18)10-21)3-4-20(14(15)23)5-6-24-2/h7H,3-6,8-10H2,1-2H3/t15-/m1/s1. The topological polar surface area (TPSA) is 75.9 Å². The number of alkyl halides is 2. The molecule has 7 nitrogen and oxygen atoms in total. The van der Waals surface area contributed by atoms with Gasteiger partial charge in [0.25, 0.3) is 11.8 Å². The Bertz CT molecular complexity index is 678. The second-order valence-corrected chi connectivity index (χ2v) is 6.84. The van der Waals surface area contributed by atoms with Gasteiger partial charge in [-0.05, 0) is 13.3 Å². The monoisotopic (exact) mass is 357 g/mol. The lowest BCUT2D eigenvalue weighted by atomic mass is 9.77. The first-order chi connectivity index (χ1) is 11.8. The third-order valence-electron chi connectivity index (χ3n) is 4.81. The predicted molar refractivity (Wildman–Crippen MR) is 82.2 cm³/mol. The maximum Gasteiger partial charge on any atom is 0.292 e. The van der Waals surface area contributed by atoms with Crippen LogP contribution in [0.4, 0.5) is 8.78 Å². The second kappa shape index (κ2) is 6.36. The molecule has 1 spiro atoms. The van der Waals surface area contributed by atoms with Gasteiger partial charge in [-0.2, -0.15) is 0 Å². The predicted octanol–water partition coefficient (Wildman–Crippen LogP) is 1.33. The van der Waals surface area contributed by atoms with Crippen molar-refractivity contribution in [1.82, 2.24) is 15.0 Å². The highest BCUT2D eigenvalue weighted by atomic mass is 19.3. The van der Waals surface area contributed by atoms with Crippen LogP contribution in [-0.4, -0.2) is 72.6 Å². The van der Waals surface area contributed by atoms with Crippen LogP contribution in [0.2, 0.25) is 0 Å². The molecule has 3 heterocycles. The minimum Gasteiger partial charge on any atom is -0.383 e. The Hall–Kier alpha value is -2.03. The molecule has 2 aliphatic rings. The Morgan fingerprint density at radius 1 is 1.44 bits per heavy atom. The number of rotatable bonds is 4. The SMILES string of the molecule is COCCN1CC[C@@]2(CN(C(=O)c3cc(C)no3)CC(F)(F)C2)C1=O. The van der Waals surface area contributed by atoms with Gasteiger partial charge in [0.1, 0.15) is 0 Å². The molecule has 138 valence electrons.